The highest BCUT2D eigenvalue weighted by atomic mass is 35.5. The van der Waals surface area contributed by atoms with Crippen LogP contribution in [0.2, 0.25) is 10.0 Å². The van der Waals surface area contributed by atoms with Crippen LogP contribution in [-0.4, -0.2) is 53.3 Å². The number of hydrogen-bond donors (Lipinski definition) is 1. The quantitative estimate of drug-likeness (QED) is 0.258. The molecule has 4 fully saturated rings. The molecule has 0 spiro atoms. The minimum absolute atomic E-state index is 0.0419. The van der Waals surface area contributed by atoms with Crippen LogP contribution in [0.1, 0.15) is 59.6 Å². The molecule has 4 aliphatic rings. The van der Waals surface area contributed by atoms with Crippen molar-refractivity contribution in [2.24, 2.45) is 11.8 Å². The van der Waals surface area contributed by atoms with Crippen LogP contribution in [0.4, 0.5) is 5.69 Å². The second-order valence-electron chi connectivity index (χ2n) is 11.7. The number of ether oxygens (including phenoxy) is 2. The number of anilines is 1. The van der Waals surface area contributed by atoms with Crippen LogP contribution < -0.4 is 9.62 Å². The number of carbonyl (C=O) groups is 1. The summed E-state index contributed by atoms with van der Waals surface area (Å²) in [4.78, 5) is 15.1. The van der Waals surface area contributed by atoms with Crippen molar-refractivity contribution in [3.63, 3.8) is 0 Å². The van der Waals surface area contributed by atoms with Gasteiger partial charge in [0, 0.05) is 42.1 Å². The molecule has 1 aromatic heterocycles. The van der Waals surface area contributed by atoms with E-state index in [1.807, 2.05) is 41.2 Å². The Bertz CT molecular complexity index is 1390. The van der Waals surface area contributed by atoms with Gasteiger partial charge in [0.15, 0.2) is 0 Å². The molecule has 7 rings (SSSR count). The Labute approximate surface area is 255 Å². The third-order valence-electron chi connectivity index (χ3n) is 8.95. The molecular weight excluding hydrogens is 579 g/mol. The summed E-state index contributed by atoms with van der Waals surface area (Å²) in [5.41, 5.74) is 4.90. The minimum Gasteiger partial charge on any atom is -0.381 e. The first-order valence-electron chi connectivity index (χ1n) is 14.5. The summed E-state index contributed by atoms with van der Waals surface area (Å²) in [5, 5.41) is 5.86. The molecular formula is C31H34Cl2N4O3S. The van der Waals surface area contributed by atoms with E-state index in [0.717, 1.165) is 56.2 Å². The molecule has 0 radical (unpaired) electrons. The van der Waals surface area contributed by atoms with E-state index in [9.17, 15) is 4.79 Å². The molecule has 1 N–H and O–H groups in total. The monoisotopic (exact) mass is 612 g/mol. The van der Waals surface area contributed by atoms with Crippen molar-refractivity contribution in [2.45, 2.75) is 56.8 Å². The fraction of sp³-hybridized carbons (Fsp3) is 0.484. The predicted molar refractivity (Wildman–Crippen MR) is 163 cm³/mol. The number of benzene rings is 2. The molecule has 10 heteroatoms. The summed E-state index contributed by atoms with van der Waals surface area (Å²) in [5.74, 6) is 2.40. The molecule has 4 atom stereocenters. The number of para-hydroxylation sites is 1. The fourth-order valence-electron chi connectivity index (χ4n) is 6.57. The molecule has 1 amide bonds. The minimum atomic E-state index is -0.0419. The van der Waals surface area contributed by atoms with Gasteiger partial charge in [-0.15, -0.1) is 0 Å². The smallest absolute Gasteiger partial charge is 0.261 e. The van der Waals surface area contributed by atoms with Gasteiger partial charge in [-0.25, -0.2) is 4.68 Å². The van der Waals surface area contributed by atoms with Crippen LogP contribution in [0.25, 0.3) is 5.69 Å². The Morgan fingerprint density at radius 2 is 1.90 bits per heavy atom. The van der Waals surface area contributed by atoms with E-state index >= 15 is 0 Å². The van der Waals surface area contributed by atoms with Crippen LogP contribution >= 0.6 is 35.1 Å². The van der Waals surface area contributed by atoms with E-state index in [1.165, 1.54) is 36.0 Å². The van der Waals surface area contributed by atoms with Crippen LogP contribution in [0.3, 0.4) is 0 Å². The highest BCUT2D eigenvalue weighted by molar-refractivity contribution is 7.97. The van der Waals surface area contributed by atoms with Gasteiger partial charge < -0.3 is 14.4 Å². The number of rotatable bonds is 10. The Kier molecular flexibility index (Phi) is 7.95. The van der Waals surface area contributed by atoms with Crippen molar-refractivity contribution in [1.82, 2.24) is 14.5 Å². The standard InChI is InChI=1S/C31H34Cl2N4O3S/c32-26-2-1-3-27(33)30(26)37-28(25(14-34-37)20-4-5-20)17-40-29-13-24-12-22(29)15-36(24)23-8-6-21(7-9-23)31(38)35-41-18-19-10-11-39-16-19/h1-3,6-9,14,19-20,22,24,29H,4-5,10-13,15-18H2,(H,35,38)/t19?,22-,24-,29+/m0/s1. The van der Waals surface area contributed by atoms with E-state index < -0.39 is 0 Å². The number of amides is 1. The molecule has 7 nitrogen and oxygen atoms in total. The van der Waals surface area contributed by atoms with Gasteiger partial charge in [0.2, 0.25) is 0 Å². The van der Waals surface area contributed by atoms with Crippen LogP contribution in [0.15, 0.2) is 48.7 Å². The highest BCUT2D eigenvalue weighted by Crippen LogP contribution is 2.45. The number of nitrogens with one attached hydrogen (secondary N) is 1. The SMILES string of the molecule is O=C(NSCC1CCOC1)c1ccc(N2C[C@@H]3C[C@H]2C[C@H]3OCc2c(C3CC3)cnn2-c2c(Cl)cccc2Cl)cc1. The molecule has 3 heterocycles. The van der Waals surface area contributed by atoms with Crippen molar-refractivity contribution >= 4 is 46.7 Å². The van der Waals surface area contributed by atoms with Gasteiger partial charge in [0.05, 0.1) is 41.3 Å². The van der Waals surface area contributed by atoms with Gasteiger partial charge >= 0.3 is 0 Å². The highest BCUT2D eigenvalue weighted by Gasteiger charge is 2.45. The second kappa shape index (κ2) is 11.8. The summed E-state index contributed by atoms with van der Waals surface area (Å²) in [6, 6.07) is 14.0. The summed E-state index contributed by atoms with van der Waals surface area (Å²) in [6.07, 6.45) is 7.74. The van der Waals surface area contributed by atoms with E-state index in [1.54, 1.807) is 0 Å². The largest absolute Gasteiger partial charge is 0.381 e. The molecule has 2 saturated carbocycles. The van der Waals surface area contributed by atoms with Crippen molar-refractivity contribution in [1.29, 1.82) is 0 Å². The van der Waals surface area contributed by atoms with Crippen molar-refractivity contribution < 1.29 is 14.3 Å². The maximum absolute atomic E-state index is 12.6. The first-order valence-corrected chi connectivity index (χ1v) is 16.3. The number of carbonyl (C=O) groups excluding carboxylic acids is 1. The van der Waals surface area contributed by atoms with Gasteiger partial charge in [-0.1, -0.05) is 29.3 Å². The third-order valence-corrected chi connectivity index (χ3v) is 10.5. The summed E-state index contributed by atoms with van der Waals surface area (Å²) in [7, 11) is 0. The first-order chi connectivity index (χ1) is 20.0. The molecule has 3 aromatic rings. The third kappa shape index (κ3) is 5.74. The van der Waals surface area contributed by atoms with Gasteiger partial charge in [-0.05, 0) is 97.8 Å². The number of aromatic nitrogens is 2. The lowest BCUT2D eigenvalue weighted by atomic mass is 10.0. The van der Waals surface area contributed by atoms with Gasteiger partial charge in [-0.3, -0.25) is 9.52 Å². The normalized spacial score (nSPS) is 25.3. The molecule has 1 unspecified atom stereocenters. The number of halogens is 2. The zero-order valence-electron chi connectivity index (χ0n) is 22.8. The summed E-state index contributed by atoms with van der Waals surface area (Å²) < 4.78 is 16.9. The summed E-state index contributed by atoms with van der Waals surface area (Å²) >= 11 is 14.6. The van der Waals surface area contributed by atoms with Gasteiger partial charge in [-0.2, -0.15) is 5.10 Å². The average molecular weight is 614 g/mol. The lowest BCUT2D eigenvalue weighted by Gasteiger charge is -2.33. The van der Waals surface area contributed by atoms with Crippen molar-refractivity contribution in [3.8, 4) is 5.69 Å². The van der Waals surface area contributed by atoms with E-state index in [4.69, 9.17) is 37.8 Å². The summed E-state index contributed by atoms with van der Waals surface area (Å²) in [6.45, 7) is 3.09. The molecule has 2 aliphatic heterocycles. The van der Waals surface area contributed by atoms with E-state index in [-0.39, 0.29) is 12.0 Å². The Balaban J connectivity index is 0.962. The fourth-order valence-corrected chi connectivity index (χ4v) is 7.95. The van der Waals surface area contributed by atoms with Crippen LogP contribution in [-0.2, 0) is 16.1 Å². The Morgan fingerprint density at radius 3 is 2.59 bits per heavy atom. The van der Waals surface area contributed by atoms with Gasteiger partial charge in [0.1, 0.15) is 5.69 Å². The topological polar surface area (TPSA) is 68.6 Å². The van der Waals surface area contributed by atoms with Crippen LogP contribution in [0, 0.1) is 11.8 Å². The maximum atomic E-state index is 12.6. The molecule has 2 bridgehead atoms. The zero-order chi connectivity index (χ0) is 27.9. The average Bonchev–Trinajstić information content (AvgIpc) is 3.32. The number of nitrogens with zero attached hydrogens (tertiary/aromatic N) is 3. The van der Waals surface area contributed by atoms with E-state index in [0.29, 0.717) is 46.0 Å². The number of fused-ring (bicyclic) bond motifs is 2. The predicted octanol–water partition coefficient (Wildman–Crippen LogP) is 6.66. The van der Waals surface area contributed by atoms with Gasteiger partial charge in [0.25, 0.3) is 5.91 Å². The lowest BCUT2D eigenvalue weighted by molar-refractivity contribution is 0.00993. The maximum Gasteiger partial charge on any atom is 0.261 e. The second-order valence-corrected chi connectivity index (χ2v) is 13.3. The van der Waals surface area contributed by atoms with Crippen molar-refractivity contribution in [2.75, 3.05) is 30.4 Å². The lowest BCUT2D eigenvalue weighted by Crippen LogP contribution is -2.38. The first kappa shape index (κ1) is 27.6. The number of hydrogen-bond acceptors (Lipinski definition) is 6. The molecule has 41 heavy (non-hydrogen) atoms. The molecule has 216 valence electrons. The molecule has 2 aliphatic carbocycles. The zero-order valence-corrected chi connectivity index (χ0v) is 25.1. The van der Waals surface area contributed by atoms with E-state index in [2.05, 4.69) is 21.8 Å². The molecule has 2 aromatic carbocycles. The Morgan fingerprint density at radius 1 is 1.10 bits per heavy atom. The van der Waals surface area contributed by atoms with Crippen LogP contribution in [0.5, 0.6) is 0 Å². The Hall–Kier alpha value is -2.23. The van der Waals surface area contributed by atoms with Crippen molar-refractivity contribution in [3.05, 3.63) is 75.5 Å². The molecule has 2 saturated heterocycles. The number of piperidine rings is 1.